The van der Waals surface area contributed by atoms with Crippen molar-refractivity contribution in [2.75, 3.05) is 25.0 Å². The van der Waals surface area contributed by atoms with E-state index in [0.29, 0.717) is 23.8 Å². The molecule has 122 valence electrons. The normalized spacial score (nSPS) is 28.9. The highest BCUT2D eigenvalue weighted by molar-refractivity contribution is 5.89. The number of carbonyl (C=O) groups excluding carboxylic acids is 1. The molecule has 5 heteroatoms. The number of anilines is 1. The summed E-state index contributed by atoms with van der Waals surface area (Å²) in [4.78, 5) is 14.6. The molecule has 5 nitrogen and oxygen atoms in total. The first-order valence-electron chi connectivity index (χ1n) is 8.48. The Bertz CT molecular complexity index is 609. The van der Waals surface area contributed by atoms with E-state index in [-0.39, 0.29) is 6.03 Å². The summed E-state index contributed by atoms with van der Waals surface area (Å²) in [7, 11) is 0. The summed E-state index contributed by atoms with van der Waals surface area (Å²) in [5.74, 6) is 1.66. The number of carbonyl (C=O) groups is 1. The second-order valence-electron chi connectivity index (χ2n) is 6.63. The average molecular weight is 312 g/mol. The lowest BCUT2D eigenvalue weighted by molar-refractivity contribution is 0.00159. The third-order valence-corrected chi connectivity index (χ3v) is 5.29. The highest BCUT2D eigenvalue weighted by Crippen LogP contribution is 2.37. The Morgan fingerprint density at radius 1 is 1.48 bits per heavy atom. The van der Waals surface area contributed by atoms with E-state index < -0.39 is 0 Å². The van der Waals surface area contributed by atoms with Gasteiger partial charge in [-0.3, -0.25) is 4.90 Å². The van der Waals surface area contributed by atoms with Gasteiger partial charge in [0.1, 0.15) is 0 Å². The molecule has 1 aromatic carbocycles. The number of piperidine rings is 3. The molecule has 3 saturated heterocycles. The van der Waals surface area contributed by atoms with Crippen molar-refractivity contribution in [2.45, 2.75) is 32.2 Å². The van der Waals surface area contributed by atoms with Gasteiger partial charge in [0.2, 0.25) is 0 Å². The van der Waals surface area contributed by atoms with Crippen molar-refractivity contribution in [3.05, 3.63) is 29.8 Å². The fraction of sp³-hybridized carbons (Fsp3) is 0.556. The van der Waals surface area contributed by atoms with Crippen molar-refractivity contribution >= 4 is 11.7 Å². The number of nitrogens with one attached hydrogen (secondary N) is 2. The topological polar surface area (TPSA) is 68.2 Å². The average Bonchev–Trinajstić information content (AvgIpc) is 2.60. The summed E-state index contributed by atoms with van der Waals surface area (Å²) >= 11 is 0. The van der Waals surface area contributed by atoms with Crippen LogP contribution in [-0.2, 0) is 0 Å². The molecular formula is C18H24N4O. The highest BCUT2D eigenvalue weighted by Gasteiger charge is 2.38. The van der Waals surface area contributed by atoms with E-state index in [1.54, 1.807) is 24.3 Å². The first-order chi connectivity index (χ1) is 11.2. The Balaban J connectivity index is 1.49. The monoisotopic (exact) mass is 312 g/mol. The molecule has 3 heterocycles. The zero-order valence-corrected chi connectivity index (χ0v) is 13.6. The maximum absolute atomic E-state index is 12.1. The second kappa shape index (κ2) is 7.01. The quantitative estimate of drug-likeness (QED) is 0.898. The predicted molar refractivity (Wildman–Crippen MR) is 90.0 cm³/mol. The lowest BCUT2D eigenvalue weighted by atomic mass is 9.74. The zero-order chi connectivity index (χ0) is 16.2. The van der Waals surface area contributed by atoms with Crippen molar-refractivity contribution in [1.29, 1.82) is 5.26 Å². The summed E-state index contributed by atoms with van der Waals surface area (Å²) in [5.41, 5.74) is 1.20. The van der Waals surface area contributed by atoms with E-state index in [1.165, 1.54) is 32.4 Å². The number of nitriles is 1. The molecule has 3 aliphatic heterocycles. The number of hydrogen-bond acceptors (Lipinski definition) is 3. The summed E-state index contributed by atoms with van der Waals surface area (Å²) in [6, 6.07) is 9.30. The summed E-state index contributed by atoms with van der Waals surface area (Å²) in [6.45, 7) is 5.32. The van der Waals surface area contributed by atoms with Gasteiger partial charge in [0.15, 0.2) is 0 Å². The molecule has 1 unspecified atom stereocenters. The lowest BCUT2D eigenvalue weighted by Gasteiger charge is -2.49. The molecule has 2 bridgehead atoms. The van der Waals surface area contributed by atoms with Crippen LogP contribution in [0.2, 0.25) is 0 Å². The van der Waals surface area contributed by atoms with Crippen molar-refractivity contribution < 1.29 is 4.79 Å². The van der Waals surface area contributed by atoms with Gasteiger partial charge in [0, 0.05) is 24.8 Å². The van der Waals surface area contributed by atoms with Gasteiger partial charge in [0.05, 0.1) is 11.6 Å². The third kappa shape index (κ3) is 3.65. The van der Waals surface area contributed by atoms with Crippen molar-refractivity contribution in [1.82, 2.24) is 10.2 Å². The van der Waals surface area contributed by atoms with E-state index in [2.05, 4.69) is 28.5 Å². The molecule has 0 spiro atoms. The molecule has 23 heavy (non-hydrogen) atoms. The van der Waals surface area contributed by atoms with E-state index in [4.69, 9.17) is 5.26 Å². The van der Waals surface area contributed by atoms with Crippen molar-refractivity contribution in [2.24, 2.45) is 11.8 Å². The fourth-order valence-electron chi connectivity index (χ4n) is 3.98. The van der Waals surface area contributed by atoms with E-state index in [9.17, 15) is 4.79 Å². The molecule has 2 N–H and O–H groups in total. The molecule has 1 aromatic rings. The van der Waals surface area contributed by atoms with Crippen LogP contribution in [0, 0.1) is 23.2 Å². The molecule has 4 rings (SSSR count). The molecule has 0 saturated carbocycles. The molecular weight excluding hydrogens is 288 g/mol. The van der Waals surface area contributed by atoms with E-state index >= 15 is 0 Å². The minimum atomic E-state index is -0.199. The molecule has 4 atom stereocenters. The number of nitrogens with zero attached hydrogens (tertiary/aromatic N) is 2. The number of urea groups is 1. The number of hydrogen-bond donors (Lipinski definition) is 2. The summed E-state index contributed by atoms with van der Waals surface area (Å²) in [5, 5.41) is 14.7. The van der Waals surface area contributed by atoms with Crippen LogP contribution in [0.4, 0.5) is 10.5 Å². The van der Waals surface area contributed by atoms with Crippen LogP contribution in [0.3, 0.4) is 0 Å². The maximum Gasteiger partial charge on any atom is 0.319 e. The van der Waals surface area contributed by atoms with E-state index in [0.717, 1.165) is 11.8 Å². The maximum atomic E-state index is 12.1. The molecule has 0 aliphatic carbocycles. The fourth-order valence-corrected chi connectivity index (χ4v) is 3.98. The first-order valence-corrected chi connectivity index (χ1v) is 8.48. The molecule has 3 fully saturated rings. The van der Waals surface area contributed by atoms with Crippen molar-refractivity contribution in [3.8, 4) is 6.07 Å². The molecule has 3 aliphatic rings. The molecule has 0 aromatic heterocycles. The molecule has 2 amide bonds. The predicted octanol–water partition coefficient (Wildman–Crippen LogP) is 2.80. The van der Waals surface area contributed by atoms with Crippen LogP contribution >= 0.6 is 0 Å². The van der Waals surface area contributed by atoms with Gasteiger partial charge in [0.25, 0.3) is 0 Å². The Kier molecular flexibility index (Phi) is 4.82. The standard InChI is InChI=1S/C18H24N4O/c1-2-14-12-22-7-6-15(14)9-17(22)11-20-18(23)21-16-5-3-4-13(8-16)10-19/h3-5,8,14-15,17H,2,6-7,9,11-12H2,1H3,(H2,20,21,23)/t14-,15+,17-/m1/s1. The Morgan fingerprint density at radius 2 is 2.35 bits per heavy atom. The number of amides is 2. The second-order valence-corrected chi connectivity index (χ2v) is 6.63. The third-order valence-electron chi connectivity index (χ3n) is 5.29. The SMILES string of the molecule is CC[C@@H]1CN2CC[C@H]1C[C@@H]2CNC(=O)Nc1cccc(C#N)c1. The van der Waals surface area contributed by atoms with Gasteiger partial charge in [-0.15, -0.1) is 0 Å². The molecule has 0 radical (unpaired) electrons. The van der Waals surface area contributed by atoms with Crippen LogP contribution in [0.5, 0.6) is 0 Å². The lowest BCUT2D eigenvalue weighted by Crippen LogP contribution is -2.56. The van der Waals surface area contributed by atoms with Crippen molar-refractivity contribution in [3.63, 3.8) is 0 Å². The van der Waals surface area contributed by atoms with Crippen LogP contribution in [0.1, 0.15) is 31.7 Å². The number of benzene rings is 1. The van der Waals surface area contributed by atoms with Crippen LogP contribution in [0.15, 0.2) is 24.3 Å². The highest BCUT2D eigenvalue weighted by atomic mass is 16.2. The van der Waals surface area contributed by atoms with Crippen LogP contribution in [-0.4, -0.2) is 36.6 Å². The summed E-state index contributed by atoms with van der Waals surface area (Å²) in [6.07, 6.45) is 3.77. The minimum Gasteiger partial charge on any atom is -0.336 e. The van der Waals surface area contributed by atoms with Crippen LogP contribution in [0.25, 0.3) is 0 Å². The van der Waals surface area contributed by atoms with Gasteiger partial charge in [-0.25, -0.2) is 4.79 Å². The van der Waals surface area contributed by atoms with Gasteiger partial charge in [-0.05, 0) is 49.4 Å². The van der Waals surface area contributed by atoms with Crippen LogP contribution < -0.4 is 10.6 Å². The summed E-state index contributed by atoms with van der Waals surface area (Å²) < 4.78 is 0. The Hall–Kier alpha value is -2.06. The Morgan fingerprint density at radius 3 is 3.04 bits per heavy atom. The van der Waals surface area contributed by atoms with Gasteiger partial charge < -0.3 is 10.6 Å². The van der Waals surface area contributed by atoms with E-state index in [1.807, 2.05) is 0 Å². The van der Waals surface area contributed by atoms with Gasteiger partial charge in [-0.1, -0.05) is 19.4 Å². The zero-order valence-electron chi connectivity index (χ0n) is 13.6. The Labute approximate surface area is 137 Å². The van der Waals surface area contributed by atoms with Gasteiger partial charge in [-0.2, -0.15) is 5.26 Å². The first kappa shape index (κ1) is 15.8. The van der Waals surface area contributed by atoms with Gasteiger partial charge >= 0.3 is 6.03 Å². The largest absolute Gasteiger partial charge is 0.336 e. The number of rotatable bonds is 4. The smallest absolute Gasteiger partial charge is 0.319 e. The minimum absolute atomic E-state index is 0.199. The number of fused-ring (bicyclic) bond motifs is 3.